The van der Waals surface area contributed by atoms with Crippen molar-refractivity contribution in [2.24, 2.45) is 11.1 Å². The molecule has 3 heteroatoms. The van der Waals surface area contributed by atoms with Crippen LogP contribution in [-0.2, 0) is 6.54 Å². The summed E-state index contributed by atoms with van der Waals surface area (Å²) in [5, 5.41) is 0. The lowest BCUT2D eigenvalue weighted by Crippen LogP contribution is -2.38. The van der Waals surface area contributed by atoms with Gasteiger partial charge in [0.2, 0.25) is 0 Å². The number of rotatable bonds is 7. The molecule has 0 spiro atoms. The van der Waals surface area contributed by atoms with Crippen LogP contribution in [0.3, 0.4) is 0 Å². The summed E-state index contributed by atoms with van der Waals surface area (Å²) in [6, 6.07) is 4.06. The summed E-state index contributed by atoms with van der Waals surface area (Å²) in [4.78, 5) is 2.29. The van der Waals surface area contributed by atoms with E-state index in [0.29, 0.717) is 0 Å². The average molecular weight is 238 g/mol. The lowest BCUT2D eigenvalue weighted by molar-refractivity contribution is 0.171. The molecular weight excluding hydrogens is 212 g/mol. The van der Waals surface area contributed by atoms with E-state index in [-0.39, 0.29) is 5.41 Å². The maximum atomic E-state index is 5.89. The Kier molecular flexibility index (Phi) is 5.22. The van der Waals surface area contributed by atoms with E-state index in [2.05, 4.69) is 25.8 Å². The molecule has 0 saturated heterocycles. The topological polar surface area (TPSA) is 42.4 Å². The monoisotopic (exact) mass is 238 g/mol. The van der Waals surface area contributed by atoms with Crippen molar-refractivity contribution in [2.75, 3.05) is 20.1 Å². The SMILES string of the molecule is CCCC(C)(CN)CN(C)Cc1ccc(C)o1. The average Bonchev–Trinajstić information content (AvgIpc) is 2.64. The van der Waals surface area contributed by atoms with Crippen LogP contribution in [0.25, 0.3) is 0 Å². The molecule has 0 fully saturated rings. The third-order valence-electron chi connectivity index (χ3n) is 3.22. The van der Waals surface area contributed by atoms with E-state index in [4.69, 9.17) is 10.2 Å². The van der Waals surface area contributed by atoms with Gasteiger partial charge in [-0.3, -0.25) is 4.90 Å². The van der Waals surface area contributed by atoms with Gasteiger partial charge >= 0.3 is 0 Å². The Morgan fingerprint density at radius 3 is 2.59 bits per heavy atom. The quantitative estimate of drug-likeness (QED) is 0.794. The Morgan fingerprint density at radius 2 is 2.12 bits per heavy atom. The highest BCUT2D eigenvalue weighted by Gasteiger charge is 2.23. The van der Waals surface area contributed by atoms with E-state index >= 15 is 0 Å². The molecule has 0 aliphatic heterocycles. The zero-order valence-electron chi connectivity index (χ0n) is 11.6. The standard InChI is InChI=1S/C14H26N2O/c1-5-8-14(3,10-15)11-16(4)9-13-7-6-12(2)17-13/h6-7H,5,8-11,15H2,1-4H3. The van der Waals surface area contributed by atoms with Crippen LogP contribution >= 0.6 is 0 Å². The minimum Gasteiger partial charge on any atom is -0.465 e. The predicted octanol–water partition coefficient (Wildman–Crippen LogP) is 2.78. The van der Waals surface area contributed by atoms with Gasteiger partial charge in [-0.15, -0.1) is 0 Å². The third kappa shape index (κ3) is 4.52. The van der Waals surface area contributed by atoms with Gasteiger partial charge in [0.05, 0.1) is 6.54 Å². The summed E-state index contributed by atoms with van der Waals surface area (Å²) in [5.41, 5.74) is 6.10. The van der Waals surface area contributed by atoms with E-state index in [0.717, 1.165) is 31.2 Å². The molecule has 1 aromatic heterocycles. The van der Waals surface area contributed by atoms with Crippen molar-refractivity contribution in [1.29, 1.82) is 0 Å². The number of nitrogens with two attached hydrogens (primary N) is 1. The highest BCUT2D eigenvalue weighted by molar-refractivity contribution is 5.05. The molecule has 17 heavy (non-hydrogen) atoms. The van der Waals surface area contributed by atoms with Crippen LogP contribution in [0.2, 0.25) is 0 Å². The molecule has 0 aliphatic carbocycles. The van der Waals surface area contributed by atoms with Crippen LogP contribution in [0.4, 0.5) is 0 Å². The molecule has 98 valence electrons. The van der Waals surface area contributed by atoms with Crippen molar-refractivity contribution < 1.29 is 4.42 Å². The maximum Gasteiger partial charge on any atom is 0.118 e. The Bertz CT molecular complexity index is 335. The first-order chi connectivity index (χ1) is 7.99. The molecule has 0 amide bonds. The fraction of sp³-hybridized carbons (Fsp3) is 0.714. The molecule has 0 saturated carbocycles. The number of nitrogens with zero attached hydrogens (tertiary/aromatic N) is 1. The Balaban J connectivity index is 2.50. The summed E-state index contributed by atoms with van der Waals surface area (Å²) in [6.07, 6.45) is 2.35. The number of furan rings is 1. The molecule has 3 nitrogen and oxygen atoms in total. The zero-order valence-corrected chi connectivity index (χ0v) is 11.6. The van der Waals surface area contributed by atoms with Crippen LogP contribution in [0.1, 0.15) is 38.2 Å². The molecule has 0 aromatic carbocycles. The molecule has 0 radical (unpaired) electrons. The van der Waals surface area contributed by atoms with Crippen LogP contribution in [0.15, 0.2) is 16.5 Å². The van der Waals surface area contributed by atoms with Gasteiger partial charge in [-0.1, -0.05) is 20.3 Å². The minimum atomic E-state index is 0.213. The van der Waals surface area contributed by atoms with Crippen LogP contribution in [0.5, 0.6) is 0 Å². The van der Waals surface area contributed by atoms with Crippen molar-refractivity contribution in [2.45, 2.75) is 40.2 Å². The number of hydrogen-bond acceptors (Lipinski definition) is 3. The fourth-order valence-corrected chi connectivity index (χ4v) is 2.39. The zero-order chi connectivity index (χ0) is 12.9. The number of aryl methyl sites for hydroxylation is 1. The molecular formula is C14H26N2O. The highest BCUT2D eigenvalue weighted by atomic mass is 16.3. The van der Waals surface area contributed by atoms with Gasteiger partial charge in [0, 0.05) is 6.54 Å². The Morgan fingerprint density at radius 1 is 1.41 bits per heavy atom. The molecule has 1 aromatic rings. The summed E-state index contributed by atoms with van der Waals surface area (Å²) in [7, 11) is 2.13. The van der Waals surface area contributed by atoms with E-state index < -0.39 is 0 Å². The van der Waals surface area contributed by atoms with E-state index in [1.165, 1.54) is 12.8 Å². The second-order valence-electron chi connectivity index (χ2n) is 5.45. The first-order valence-electron chi connectivity index (χ1n) is 6.43. The summed E-state index contributed by atoms with van der Waals surface area (Å²) < 4.78 is 5.59. The minimum absolute atomic E-state index is 0.213. The van der Waals surface area contributed by atoms with Gasteiger partial charge in [0.25, 0.3) is 0 Å². The second kappa shape index (κ2) is 6.22. The Labute approximate surface area is 105 Å². The molecule has 2 N–H and O–H groups in total. The second-order valence-corrected chi connectivity index (χ2v) is 5.45. The van der Waals surface area contributed by atoms with Gasteiger partial charge < -0.3 is 10.2 Å². The summed E-state index contributed by atoms with van der Waals surface area (Å²) >= 11 is 0. The highest BCUT2D eigenvalue weighted by Crippen LogP contribution is 2.23. The largest absolute Gasteiger partial charge is 0.465 e. The van der Waals surface area contributed by atoms with Gasteiger partial charge in [0.1, 0.15) is 11.5 Å². The Hall–Kier alpha value is -0.800. The molecule has 0 bridgehead atoms. The van der Waals surface area contributed by atoms with E-state index in [9.17, 15) is 0 Å². The third-order valence-corrected chi connectivity index (χ3v) is 3.22. The van der Waals surface area contributed by atoms with Crippen LogP contribution < -0.4 is 5.73 Å². The number of hydrogen-bond donors (Lipinski definition) is 1. The molecule has 1 heterocycles. The lowest BCUT2D eigenvalue weighted by atomic mass is 9.85. The van der Waals surface area contributed by atoms with Crippen LogP contribution in [0, 0.1) is 12.3 Å². The molecule has 0 aliphatic rings. The van der Waals surface area contributed by atoms with Crippen molar-refractivity contribution in [1.82, 2.24) is 4.90 Å². The molecule has 1 rings (SSSR count). The van der Waals surface area contributed by atoms with Gasteiger partial charge in [-0.25, -0.2) is 0 Å². The first kappa shape index (κ1) is 14.3. The molecule has 1 atom stereocenters. The predicted molar refractivity (Wildman–Crippen MR) is 71.8 cm³/mol. The van der Waals surface area contributed by atoms with Crippen molar-refractivity contribution in [3.05, 3.63) is 23.7 Å². The van der Waals surface area contributed by atoms with Crippen molar-refractivity contribution in [3.63, 3.8) is 0 Å². The normalized spacial score (nSPS) is 15.2. The fourth-order valence-electron chi connectivity index (χ4n) is 2.39. The first-order valence-corrected chi connectivity index (χ1v) is 6.43. The van der Waals surface area contributed by atoms with Gasteiger partial charge in [-0.2, -0.15) is 0 Å². The van der Waals surface area contributed by atoms with Crippen molar-refractivity contribution >= 4 is 0 Å². The van der Waals surface area contributed by atoms with Crippen LogP contribution in [-0.4, -0.2) is 25.0 Å². The maximum absolute atomic E-state index is 5.89. The van der Waals surface area contributed by atoms with Gasteiger partial charge in [0.15, 0.2) is 0 Å². The van der Waals surface area contributed by atoms with E-state index in [1.54, 1.807) is 0 Å². The van der Waals surface area contributed by atoms with Crippen molar-refractivity contribution in [3.8, 4) is 0 Å². The van der Waals surface area contributed by atoms with Gasteiger partial charge in [-0.05, 0) is 44.5 Å². The summed E-state index contributed by atoms with van der Waals surface area (Å²) in [5.74, 6) is 2.00. The smallest absolute Gasteiger partial charge is 0.118 e. The molecule has 1 unspecified atom stereocenters. The lowest BCUT2D eigenvalue weighted by Gasteiger charge is -2.32. The summed E-state index contributed by atoms with van der Waals surface area (Å²) in [6.45, 7) is 9.06. The van der Waals surface area contributed by atoms with E-state index in [1.807, 2.05) is 19.1 Å².